The van der Waals surface area contributed by atoms with Crippen LogP contribution in [0.2, 0.25) is 0 Å². The molecule has 0 N–H and O–H groups in total. The number of carbonyl (C=O) groups excluding carboxylic acids is 3. The van der Waals surface area contributed by atoms with Gasteiger partial charge in [0.2, 0.25) is 11.6 Å². The van der Waals surface area contributed by atoms with Crippen LogP contribution in [-0.2, 0) is 14.4 Å². The highest BCUT2D eigenvalue weighted by Gasteiger charge is 2.34. The van der Waals surface area contributed by atoms with Gasteiger partial charge in [-0.3, -0.25) is 14.4 Å². The largest absolute Gasteiger partial charge is 0.289 e. The highest BCUT2D eigenvalue weighted by molar-refractivity contribution is 7.25. The Morgan fingerprint density at radius 3 is 1.41 bits per heavy atom. The number of hydrogen-bond acceptors (Lipinski definition) is 5. The molecule has 2 aromatic heterocycles. The Kier molecular flexibility index (Phi) is 5.46. The van der Waals surface area contributed by atoms with Crippen LogP contribution in [0.5, 0.6) is 0 Å². The molecule has 0 spiro atoms. The average molecular weight is 463 g/mol. The SMILES string of the molecule is CC(C)(C)C1=CC(=c2cc3sc(=C4C=CC(=O)C(=O)C=C4)cc3s2)C=C(C(C)(C)C)C1=O. The topological polar surface area (TPSA) is 51.2 Å². The summed E-state index contributed by atoms with van der Waals surface area (Å²) in [4.78, 5) is 36.4. The molecular weight excluding hydrogens is 436 g/mol. The van der Waals surface area contributed by atoms with Crippen molar-refractivity contribution in [3.8, 4) is 0 Å². The van der Waals surface area contributed by atoms with Crippen LogP contribution in [-0.4, -0.2) is 17.3 Å². The molecule has 32 heavy (non-hydrogen) atoms. The molecule has 0 aliphatic heterocycles. The molecule has 0 atom stereocenters. The van der Waals surface area contributed by atoms with Gasteiger partial charge in [-0.05, 0) is 70.6 Å². The molecule has 0 amide bonds. The Labute approximate surface area is 195 Å². The number of Topliss-reactive ketones (excluding diaryl/α,β-unsaturated/α-hetero) is 1. The van der Waals surface area contributed by atoms with Crippen LogP contribution in [0.15, 0.2) is 59.7 Å². The average Bonchev–Trinajstić information content (AvgIpc) is 3.20. The fourth-order valence-corrected chi connectivity index (χ4v) is 6.11. The Hall–Kier alpha value is -2.63. The van der Waals surface area contributed by atoms with E-state index in [4.69, 9.17) is 0 Å². The second-order valence-electron chi connectivity index (χ2n) is 10.2. The van der Waals surface area contributed by atoms with Crippen LogP contribution in [0, 0.1) is 10.8 Å². The fraction of sp³-hybridized carbons (Fsp3) is 0.296. The fourth-order valence-electron chi connectivity index (χ4n) is 3.72. The van der Waals surface area contributed by atoms with E-state index in [0.29, 0.717) is 0 Å². The predicted octanol–water partition coefficient (Wildman–Crippen LogP) is 5.06. The molecule has 0 bridgehead atoms. The van der Waals surface area contributed by atoms with Crippen molar-refractivity contribution in [3.05, 3.63) is 68.8 Å². The van der Waals surface area contributed by atoms with E-state index in [0.717, 1.165) is 40.8 Å². The first-order chi connectivity index (χ1) is 14.8. The minimum Gasteiger partial charge on any atom is -0.289 e. The lowest BCUT2D eigenvalue weighted by atomic mass is 9.72. The van der Waals surface area contributed by atoms with Gasteiger partial charge in [-0.25, -0.2) is 0 Å². The lowest BCUT2D eigenvalue weighted by molar-refractivity contribution is -0.130. The van der Waals surface area contributed by atoms with Crippen LogP contribution in [0.1, 0.15) is 41.5 Å². The summed E-state index contributed by atoms with van der Waals surface area (Å²) in [6, 6.07) is 4.28. The number of thiophene rings is 2. The number of carbonyl (C=O) groups is 3. The highest BCUT2D eigenvalue weighted by Crippen LogP contribution is 2.39. The van der Waals surface area contributed by atoms with E-state index in [9.17, 15) is 14.4 Å². The summed E-state index contributed by atoms with van der Waals surface area (Å²) in [7, 11) is 0. The van der Waals surface area contributed by atoms with Crippen molar-refractivity contribution >= 4 is 60.6 Å². The van der Waals surface area contributed by atoms with E-state index < -0.39 is 11.6 Å². The molecule has 0 fully saturated rings. The van der Waals surface area contributed by atoms with Crippen LogP contribution in [0.3, 0.4) is 0 Å². The first-order valence-corrected chi connectivity index (χ1v) is 12.2. The zero-order valence-electron chi connectivity index (χ0n) is 19.2. The first kappa shape index (κ1) is 22.6. The molecule has 0 unspecified atom stereocenters. The van der Waals surface area contributed by atoms with Gasteiger partial charge in [0.1, 0.15) is 0 Å². The third-order valence-electron chi connectivity index (χ3n) is 5.55. The summed E-state index contributed by atoms with van der Waals surface area (Å²) in [5.41, 5.74) is 3.15. The smallest absolute Gasteiger partial charge is 0.225 e. The number of rotatable bonds is 0. The molecule has 2 aromatic rings. The second kappa shape index (κ2) is 7.75. The molecule has 0 saturated carbocycles. The molecular formula is C27H26O3S2. The van der Waals surface area contributed by atoms with E-state index in [1.54, 1.807) is 34.8 Å². The number of fused-ring (bicyclic) bond motifs is 1. The van der Waals surface area contributed by atoms with Gasteiger partial charge in [0.05, 0.1) is 0 Å². The lowest BCUT2D eigenvalue weighted by Crippen LogP contribution is -2.28. The number of allylic oxidation sites excluding steroid dienone is 8. The van der Waals surface area contributed by atoms with Crippen molar-refractivity contribution in [1.82, 2.24) is 0 Å². The number of ketones is 3. The third kappa shape index (κ3) is 4.19. The minimum atomic E-state index is -0.497. The quantitative estimate of drug-likeness (QED) is 0.515. The zero-order chi connectivity index (χ0) is 23.4. The molecule has 4 rings (SSSR count). The standard InChI is InChI=1S/C27H26O3S2/c1-26(2,3)17-11-16(12-18(25(17)30)27(4,5)6)22-14-24-23(32-22)13-21(31-24)15-7-9-19(28)20(29)10-8-15/h7-14H,1-6H3. The molecule has 0 saturated heterocycles. The third-order valence-corrected chi connectivity index (χ3v) is 7.94. The van der Waals surface area contributed by atoms with Gasteiger partial charge in [-0.2, -0.15) is 0 Å². The van der Waals surface area contributed by atoms with Gasteiger partial charge < -0.3 is 0 Å². The van der Waals surface area contributed by atoms with E-state index in [1.165, 1.54) is 12.2 Å². The van der Waals surface area contributed by atoms with Crippen LogP contribution in [0.4, 0.5) is 0 Å². The molecule has 2 aliphatic rings. The maximum atomic E-state index is 13.2. The van der Waals surface area contributed by atoms with Crippen LogP contribution < -0.4 is 9.06 Å². The van der Waals surface area contributed by atoms with Crippen molar-refractivity contribution in [2.45, 2.75) is 41.5 Å². The van der Waals surface area contributed by atoms with Crippen molar-refractivity contribution < 1.29 is 14.4 Å². The van der Waals surface area contributed by atoms with E-state index in [2.05, 4.69) is 65.8 Å². The van der Waals surface area contributed by atoms with Crippen molar-refractivity contribution in [2.24, 2.45) is 10.8 Å². The van der Waals surface area contributed by atoms with E-state index in [1.807, 2.05) is 0 Å². The summed E-state index contributed by atoms with van der Waals surface area (Å²) in [5, 5.41) is 0. The van der Waals surface area contributed by atoms with Gasteiger partial charge in [0.15, 0.2) is 5.78 Å². The van der Waals surface area contributed by atoms with Gasteiger partial charge in [0, 0.05) is 29.6 Å². The van der Waals surface area contributed by atoms with Crippen LogP contribution >= 0.6 is 22.7 Å². The molecule has 164 valence electrons. The lowest BCUT2D eigenvalue weighted by Gasteiger charge is -2.31. The Morgan fingerprint density at radius 2 is 1.00 bits per heavy atom. The molecule has 0 radical (unpaired) electrons. The maximum absolute atomic E-state index is 13.2. The molecule has 5 heteroatoms. The normalized spacial score (nSPS) is 17.9. The second-order valence-corrected chi connectivity index (χ2v) is 12.4. The van der Waals surface area contributed by atoms with E-state index in [-0.39, 0.29) is 16.6 Å². The first-order valence-electron chi connectivity index (χ1n) is 10.6. The van der Waals surface area contributed by atoms with Crippen molar-refractivity contribution in [3.63, 3.8) is 0 Å². The van der Waals surface area contributed by atoms with Gasteiger partial charge in [0.25, 0.3) is 0 Å². The summed E-state index contributed by atoms with van der Waals surface area (Å²) >= 11 is 3.34. The summed E-state index contributed by atoms with van der Waals surface area (Å²) in [5.74, 6) is -0.854. The monoisotopic (exact) mass is 462 g/mol. The van der Waals surface area contributed by atoms with Crippen LogP contribution in [0.25, 0.3) is 20.5 Å². The zero-order valence-corrected chi connectivity index (χ0v) is 20.8. The maximum Gasteiger partial charge on any atom is 0.225 e. The summed E-state index contributed by atoms with van der Waals surface area (Å²) < 4.78 is 4.46. The number of hydrogen-bond donors (Lipinski definition) is 0. The van der Waals surface area contributed by atoms with Gasteiger partial charge in [-0.15, -0.1) is 22.7 Å². The Balaban J connectivity index is 1.91. The summed E-state index contributed by atoms with van der Waals surface area (Å²) in [6.07, 6.45) is 10.2. The van der Waals surface area contributed by atoms with E-state index >= 15 is 0 Å². The molecule has 3 nitrogen and oxygen atoms in total. The van der Waals surface area contributed by atoms with Gasteiger partial charge in [-0.1, -0.05) is 41.5 Å². The molecule has 2 aliphatic carbocycles. The predicted molar refractivity (Wildman–Crippen MR) is 134 cm³/mol. The molecule has 2 heterocycles. The van der Waals surface area contributed by atoms with Gasteiger partial charge >= 0.3 is 0 Å². The minimum absolute atomic E-state index is 0.141. The van der Waals surface area contributed by atoms with Crippen molar-refractivity contribution in [2.75, 3.05) is 0 Å². The Morgan fingerprint density at radius 1 is 0.594 bits per heavy atom. The molecule has 0 aromatic carbocycles. The summed E-state index contributed by atoms with van der Waals surface area (Å²) in [6.45, 7) is 12.5. The highest BCUT2D eigenvalue weighted by atomic mass is 32.1. The Bertz CT molecular complexity index is 1320. The van der Waals surface area contributed by atoms with Crippen molar-refractivity contribution in [1.29, 1.82) is 0 Å².